The Bertz CT molecular complexity index is 497. The molecule has 1 aliphatic rings. The molecule has 2 atom stereocenters. The molecule has 1 aromatic heterocycles. The highest BCUT2D eigenvalue weighted by Crippen LogP contribution is 2.34. The van der Waals surface area contributed by atoms with Crippen LogP contribution >= 0.6 is 0 Å². The second-order valence-electron chi connectivity index (χ2n) is 5.82. The van der Waals surface area contributed by atoms with Crippen LogP contribution in [0.1, 0.15) is 51.1 Å². The molecule has 0 aliphatic heterocycles. The molecule has 0 aromatic carbocycles. The highest BCUT2D eigenvalue weighted by molar-refractivity contribution is 5.61. The maximum Gasteiger partial charge on any atom is 0.334 e. The van der Waals surface area contributed by atoms with Crippen molar-refractivity contribution in [3.63, 3.8) is 0 Å². The number of nitro groups is 1. The fourth-order valence-corrected chi connectivity index (χ4v) is 2.78. The number of hydrogen-bond acceptors (Lipinski definition) is 5. The van der Waals surface area contributed by atoms with E-state index in [9.17, 15) is 10.1 Å². The molecule has 0 saturated heterocycles. The van der Waals surface area contributed by atoms with E-state index in [-0.39, 0.29) is 28.6 Å². The molecule has 0 spiro atoms. The van der Waals surface area contributed by atoms with E-state index in [1.165, 1.54) is 0 Å². The fraction of sp³-hybridized carbons (Fsp3) is 0.769. The second-order valence-corrected chi connectivity index (χ2v) is 5.82. The monoisotopic (exact) mass is 281 g/mol. The van der Waals surface area contributed by atoms with Crippen molar-refractivity contribution in [3.05, 3.63) is 15.8 Å². The van der Waals surface area contributed by atoms with Gasteiger partial charge in [0.05, 0.1) is 4.92 Å². The maximum atomic E-state index is 11.4. The molecule has 1 aromatic rings. The smallest absolute Gasteiger partial charge is 0.334 e. The van der Waals surface area contributed by atoms with Gasteiger partial charge in [0.1, 0.15) is 5.69 Å². The second kappa shape index (κ2) is 5.78. The third kappa shape index (κ3) is 2.77. The molecular weight excluding hydrogens is 258 g/mol. The van der Waals surface area contributed by atoms with Gasteiger partial charge in [0.2, 0.25) is 5.82 Å². The Morgan fingerprint density at radius 1 is 1.45 bits per heavy atom. The summed E-state index contributed by atoms with van der Waals surface area (Å²) in [5.74, 6) is 0.484. The van der Waals surface area contributed by atoms with Crippen LogP contribution in [0.4, 0.5) is 11.5 Å². The molecule has 0 unspecified atom stereocenters. The van der Waals surface area contributed by atoms with E-state index >= 15 is 0 Å². The number of nitrogens with two attached hydrogens (primary N) is 1. The van der Waals surface area contributed by atoms with Gasteiger partial charge >= 0.3 is 5.69 Å². The van der Waals surface area contributed by atoms with Crippen molar-refractivity contribution < 1.29 is 4.92 Å². The standard InChI is InChI=1S/C13H23N5O2/c1-8(2)11-12(18(19)20)13(17(3)16-11)15-10-7-5-4-6-9(10)14/h8-10,15H,4-7,14H2,1-3H3/t9-,10-/m1/s1. The van der Waals surface area contributed by atoms with Crippen LogP contribution in [0, 0.1) is 10.1 Å². The predicted molar refractivity (Wildman–Crippen MR) is 77.8 cm³/mol. The van der Waals surface area contributed by atoms with E-state index in [0.717, 1.165) is 25.7 Å². The summed E-state index contributed by atoms with van der Waals surface area (Å²) in [5, 5.41) is 18.9. The molecule has 1 aliphatic carbocycles. The van der Waals surface area contributed by atoms with Crippen molar-refractivity contribution in [2.24, 2.45) is 12.8 Å². The van der Waals surface area contributed by atoms with Gasteiger partial charge in [-0.15, -0.1) is 0 Å². The Morgan fingerprint density at radius 2 is 2.10 bits per heavy atom. The van der Waals surface area contributed by atoms with Crippen molar-refractivity contribution >= 4 is 11.5 Å². The molecule has 3 N–H and O–H groups in total. The van der Waals surface area contributed by atoms with Crippen LogP contribution in [-0.4, -0.2) is 26.8 Å². The Labute approximate surface area is 118 Å². The minimum absolute atomic E-state index is 0.0113. The minimum Gasteiger partial charge on any atom is -0.360 e. The quantitative estimate of drug-likeness (QED) is 0.650. The molecule has 2 rings (SSSR count). The Hall–Kier alpha value is -1.63. The van der Waals surface area contributed by atoms with E-state index in [0.29, 0.717) is 11.5 Å². The van der Waals surface area contributed by atoms with Gasteiger partial charge in [-0.3, -0.25) is 10.1 Å². The van der Waals surface area contributed by atoms with Crippen LogP contribution in [0.15, 0.2) is 0 Å². The molecule has 7 nitrogen and oxygen atoms in total. The zero-order chi connectivity index (χ0) is 14.9. The summed E-state index contributed by atoms with van der Waals surface area (Å²) in [6.07, 6.45) is 4.14. The van der Waals surface area contributed by atoms with Crippen molar-refractivity contribution in [2.45, 2.75) is 57.5 Å². The van der Waals surface area contributed by atoms with Crippen LogP contribution in [0.5, 0.6) is 0 Å². The maximum absolute atomic E-state index is 11.4. The molecule has 0 bridgehead atoms. The van der Waals surface area contributed by atoms with E-state index in [2.05, 4.69) is 10.4 Å². The number of aromatic nitrogens is 2. The first-order valence-corrected chi connectivity index (χ1v) is 7.15. The van der Waals surface area contributed by atoms with Crippen molar-refractivity contribution in [1.82, 2.24) is 9.78 Å². The number of rotatable bonds is 4. The minimum atomic E-state index is -0.348. The third-order valence-electron chi connectivity index (χ3n) is 3.92. The van der Waals surface area contributed by atoms with Crippen molar-refractivity contribution in [2.75, 3.05) is 5.32 Å². The van der Waals surface area contributed by atoms with Crippen molar-refractivity contribution in [1.29, 1.82) is 0 Å². The lowest BCUT2D eigenvalue weighted by molar-refractivity contribution is -0.384. The molecule has 1 fully saturated rings. The molecule has 0 amide bonds. The lowest BCUT2D eigenvalue weighted by Gasteiger charge is -2.29. The molecule has 7 heteroatoms. The third-order valence-corrected chi connectivity index (χ3v) is 3.92. The van der Waals surface area contributed by atoms with Crippen LogP contribution in [0.2, 0.25) is 0 Å². The van der Waals surface area contributed by atoms with E-state index in [1.54, 1.807) is 11.7 Å². The number of anilines is 1. The predicted octanol–water partition coefficient (Wildman–Crippen LogP) is 2.13. The molecule has 1 heterocycles. The Morgan fingerprint density at radius 3 is 2.65 bits per heavy atom. The van der Waals surface area contributed by atoms with E-state index in [4.69, 9.17) is 5.73 Å². The summed E-state index contributed by atoms with van der Waals surface area (Å²) in [5.41, 5.74) is 6.71. The zero-order valence-corrected chi connectivity index (χ0v) is 12.3. The summed E-state index contributed by atoms with van der Waals surface area (Å²) in [6.45, 7) is 3.82. The van der Waals surface area contributed by atoms with Gasteiger partial charge in [0.15, 0.2) is 0 Å². The first-order chi connectivity index (χ1) is 9.41. The normalized spacial score (nSPS) is 23.1. The van der Waals surface area contributed by atoms with Gasteiger partial charge < -0.3 is 11.1 Å². The Balaban J connectivity index is 2.33. The average molecular weight is 281 g/mol. The van der Waals surface area contributed by atoms with E-state index < -0.39 is 0 Å². The van der Waals surface area contributed by atoms with Gasteiger partial charge in [0, 0.05) is 25.0 Å². The largest absolute Gasteiger partial charge is 0.360 e. The van der Waals surface area contributed by atoms with Gasteiger partial charge in [-0.25, -0.2) is 4.68 Å². The highest BCUT2D eigenvalue weighted by atomic mass is 16.6. The average Bonchev–Trinajstić information content (AvgIpc) is 2.70. The first-order valence-electron chi connectivity index (χ1n) is 7.15. The molecule has 112 valence electrons. The molecular formula is C13H23N5O2. The summed E-state index contributed by atoms with van der Waals surface area (Å²) < 4.78 is 1.56. The van der Waals surface area contributed by atoms with Crippen LogP contribution in [0.3, 0.4) is 0 Å². The van der Waals surface area contributed by atoms with Gasteiger partial charge in [-0.05, 0) is 12.8 Å². The number of hydrogen-bond donors (Lipinski definition) is 2. The lowest BCUT2D eigenvalue weighted by Crippen LogP contribution is -2.43. The SMILES string of the molecule is CC(C)c1nn(C)c(N[C@@H]2CCCC[C@H]2N)c1[N+](=O)[O-]. The summed E-state index contributed by atoms with van der Waals surface area (Å²) in [7, 11) is 1.73. The number of nitrogens with zero attached hydrogens (tertiary/aromatic N) is 3. The Kier molecular flexibility index (Phi) is 4.27. The van der Waals surface area contributed by atoms with Crippen LogP contribution in [-0.2, 0) is 7.05 Å². The molecule has 0 radical (unpaired) electrons. The molecule has 1 saturated carbocycles. The zero-order valence-electron chi connectivity index (χ0n) is 12.3. The number of aryl methyl sites for hydroxylation is 1. The van der Waals surface area contributed by atoms with Crippen molar-refractivity contribution in [3.8, 4) is 0 Å². The summed E-state index contributed by atoms with van der Waals surface area (Å²) >= 11 is 0. The summed E-state index contributed by atoms with van der Waals surface area (Å²) in [6, 6.07) is 0.124. The van der Waals surface area contributed by atoms with Crippen LogP contribution in [0.25, 0.3) is 0 Å². The summed E-state index contributed by atoms with van der Waals surface area (Å²) in [4.78, 5) is 11.0. The fourth-order valence-electron chi connectivity index (χ4n) is 2.78. The first kappa shape index (κ1) is 14.8. The topological polar surface area (TPSA) is 99.0 Å². The van der Waals surface area contributed by atoms with Crippen LogP contribution < -0.4 is 11.1 Å². The molecule has 20 heavy (non-hydrogen) atoms. The van der Waals surface area contributed by atoms with Gasteiger partial charge in [-0.2, -0.15) is 5.10 Å². The number of nitrogens with one attached hydrogen (secondary N) is 1. The lowest BCUT2D eigenvalue weighted by atomic mass is 9.91. The van der Waals surface area contributed by atoms with Gasteiger partial charge in [-0.1, -0.05) is 26.7 Å². The van der Waals surface area contributed by atoms with E-state index in [1.807, 2.05) is 13.8 Å². The van der Waals surface area contributed by atoms with Gasteiger partial charge in [0.25, 0.3) is 0 Å². The highest BCUT2D eigenvalue weighted by Gasteiger charge is 2.31.